The maximum Gasteiger partial charge on any atom is 0.225 e. The van der Waals surface area contributed by atoms with Gasteiger partial charge in [0.1, 0.15) is 10.7 Å². The van der Waals surface area contributed by atoms with Gasteiger partial charge in [0, 0.05) is 43.6 Å². The van der Waals surface area contributed by atoms with Gasteiger partial charge in [-0.25, -0.2) is 12.8 Å². The molecule has 200 valence electrons. The van der Waals surface area contributed by atoms with E-state index in [0.29, 0.717) is 38.2 Å². The molecule has 1 aromatic carbocycles. The molecule has 1 saturated carbocycles. The highest BCUT2D eigenvalue weighted by Gasteiger charge is 2.52. The van der Waals surface area contributed by atoms with E-state index in [2.05, 4.69) is 38.4 Å². The second-order valence-electron chi connectivity index (χ2n) is 10.6. The van der Waals surface area contributed by atoms with Crippen LogP contribution >= 0.6 is 0 Å². The van der Waals surface area contributed by atoms with Crippen LogP contribution in [0.5, 0.6) is 0 Å². The largest absolute Gasteiger partial charge is 0.324 e. The predicted molar refractivity (Wildman–Crippen MR) is 142 cm³/mol. The molecule has 5 rings (SSSR count). The third-order valence-corrected chi connectivity index (χ3v) is 11.0. The lowest BCUT2D eigenvalue weighted by Gasteiger charge is -2.38. The SMILES string of the molecule is O=C(CC1(c2ccccc2)CCCNC1)Nc1cncc(F)c1CC[C@]1(S(=O)(=O)C2CC2)CNCCN1. The highest BCUT2D eigenvalue weighted by atomic mass is 32.2. The van der Waals surface area contributed by atoms with Gasteiger partial charge in [-0.15, -0.1) is 0 Å². The third kappa shape index (κ3) is 5.43. The second kappa shape index (κ2) is 10.8. The molecule has 2 aromatic rings. The topological polar surface area (TPSA) is 112 Å². The monoisotopic (exact) mass is 529 g/mol. The van der Waals surface area contributed by atoms with Gasteiger partial charge in [0.05, 0.1) is 23.3 Å². The van der Waals surface area contributed by atoms with E-state index in [1.807, 2.05) is 18.2 Å². The number of piperazine rings is 1. The maximum absolute atomic E-state index is 15.0. The Morgan fingerprint density at radius 1 is 1.08 bits per heavy atom. The fraction of sp³-hybridized carbons (Fsp3) is 0.556. The first kappa shape index (κ1) is 26.2. The molecule has 2 saturated heterocycles. The van der Waals surface area contributed by atoms with Crippen LogP contribution in [0, 0.1) is 5.82 Å². The van der Waals surface area contributed by atoms with Gasteiger partial charge in [0.2, 0.25) is 5.91 Å². The summed E-state index contributed by atoms with van der Waals surface area (Å²) in [4.78, 5) is 16.2. The number of sulfone groups is 1. The Labute approximate surface area is 218 Å². The van der Waals surface area contributed by atoms with Crippen molar-refractivity contribution < 1.29 is 17.6 Å². The average Bonchev–Trinajstić information content (AvgIpc) is 3.76. The van der Waals surface area contributed by atoms with Crippen molar-refractivity contribution in [1.29, 1.82) is 0 Å². The van der Waals surface area contributed by atoms with Crippen LogP contribution in [0.2, 0.25) is 0 Å². The third-order valence-electron chi connectivity index (χ3n) is 8.08. The first-order chi connectivity index (χ1) is 17.9. The van der Waals surface area contributed by atoms with Crippen LogP contribution in [0.25, 0.3) is 0 Å². The Kier molecular flexibility index (Phi) is 7.63. The van der Waals surface area contributed by atoms with Crippen LogP contribution in [0.15, 0.2) is 42.7 Å². The highest BCUT2D eigenvalue weighted by Crippen LogP contribution is 2.39. The van der Waals surface area contributed by atoms with Gasteiger partial charge in [0.25, 0.3) is 0 Å². The zero-order valence-corrected chi connectivity index (χ0v) is 21.9. The van der Waals surface area contributed by atoms with E-state index in [4.69, 9.17) is 0 Å². The molecule has 10 heteroatoms. The van der Waals surface area contributed by atoms with Gasteiger partial charge in [-0.05, 0) is 50.6 Å². The molecule has 0 bridgehead atoms. The number of rotatable bonds is 9. The number of pyridine rings is 1. The molecule has 0 radical (unpaired) electrons. The molecule has 8 nitrogen and oxygen atoms in total. The first-order valence-corrected chi connectivity index (χ1v) is 14.8. The molecule has 1 unspecified atom stereocenters. The molecule has 3 heterocycles. The maximum atomic E-state index is 15.0. The van der Waals surface area contributed by atoms with Crippen molar-refractivity contribution in [2.75, 3.05) is 38.0 Å². The Bertz CT molecular complexity index is 1210. The van der Waals surface area contributed by atoms with E-state index in [1.54, 1.807) is 0 Å². The molecule has 3 aliphatic rings. The number of carbonyl (C=O) groups is 1. The van der Waals surface area contributed by atoms with Gasteiger partial charge < -0.3 is 16.0 Å². The smallest absolute Gasteiger partial charge is 0.225 e. The molecular weight excluding hydrogens is 493 g/mol. The summed E-state index contributed by atoms with van der Waals surface area (Å²) in [5, 5.41) is 12.5. The van der Waals surface area contributed by atoms with Crippen LogP contribution in [-0.2, 0) is 26.5 Å². The minimum Gasteiger partial charge on any atom is -0.324 e. The minimum absolute atomic E-state index is 0.163. The predicted octanol–water partition coefficient (Wildman–Crippen LogP) is 2.27. The van der Waals surface area contributed by atoms with Crippen LogP contribution in [0.4, 0.5) is 10.1 Å². The van der Waals surface area contributed by atoms with Crippen molar-refractivity contribution in [3.8, 4) is 0 Å². The van der Waals surface area contributed by atoms with Crippen LogP contribution in [0.1, 0.15) is 49.7 Å². The Morgan fingerprint density at radius 2 is 1.86 bits per heavy atom. The van der Waals surface area contributed by atoms with E-state index in [-0.39, 0.29) is 47.9 Å². The molecule has 4 N–H and O–H groups in total. The van der Waals surface area contributed by atoms with E-state index in [1.165, 1.54) is 6.20 Å². The van der Waals surface area contributed by atoms with Crippen LogP contribution in [0.3, 0.4) is 0 Å². The van der Waals surface area contributed by atoms with E-state index in [0.717, 1.165) is 31.1 Å². The molecule has 1 amide bonds. The number of nitrogens with zero attached hydrogens (tertiary/aromatic N) is 1. The zero-order valence-electron chi connectivity index (χ0n) is 21.1. The average molecular weight is 530 g/mol. The summed E-state index contributed by atoms with van der Waals surface area (Å²) in [7, 11) is -3.43. The molecule has 0 spiro atoms. The second-order valence-corrected chi connectivity index (χ2v) is 13.2. The number of nitrogens with one attached hydrogen (secondary N) is 4. The Balaban J connectivity index is 1.35. The van der Waals surface area contributed by atoms with Gasteiger partial charge in [-0.1, -0.05) is 30.3 Å². The van der Waals surface area contributed by atoms with E-state index < -0.39 is 20.5 Å². The number of aromatic nitrogens is 1. The summed E-state index contributed by atoms with van der Waals surface area (Å²) in [6.45, 7) is 3.11. The van der Waals surface area contributed by atoms with Crippen molar-refractivity contribution >= 4 is 21.4 Å². The number of piperidine rings is 1. The number of hydrogen-bond acceptors (Lipinski definition) is 7. The standard InChI is InChI=1S/C27H36FN5O3S/c28-23-16-31-17-24(22(23)9-11-27(19-30-13-14-32-27)37(35,36)21-7-8-21)33-25(34)15-26(10-4-12-29-18-26)20-5-2-1-3-6-20/h1-3,5-6,16-17,21,29-30,32H,4,7-15,18-19H2,(H,33,34)/t26?,27-/m0/s1. The summed E-state index contributed by atoms with van der Waals surface area (Å²) < 4.78 is 41.7. The molecule has 3 fully saturated rings. The first-order valence-electron chi connectivity index (χ1n) is 13.2. The van der Waals surface area contributed by atoms with Gasteiger partial charge in [-0.2, -0.15) is 0 Å². The summed E-state index contributed by atoms with van der Waals surface area (Å²) in [6, 6.07) is 10.0. The van der Waals surface area contributed by atoms with Crippen molar-refractivity contribution in [3.63, 3.8) is 0 Å². The van der Waals surface area contributed by atoms with E-state index in [9.17, 15) is 13.2 Å². The normalized spacial score (nSPS) is 26.5. The lowest BCUT2D eigenvalue weighted by molar-refractivity contribution is -0.117. The number of benzene rings is 1. The molecular formula is C27H36FN5O3S. The fourth-order valence-electron chi connectivity index (χ4n) is 5.86. The lowest BCUT2D eigenvalue weighted by atomic mass is 9.72. The number of hydrogen-bond donors (Lipinski definition) is 4. The Morgan fingerprint density at radius 3 is 2.54 bits per heavy atom. The minimum atomic E-state index is -3.43. The van der Waals surface area contributed by atoms with Crippen molar-refractivity contribution in [2.24, 2.45) is 0 Å². The summed E-state index contributed by atoms with van der Waals surface area (Å²) >= 11 is 0. The van der Waals surface area contributed by atoms with Crippen molar-refractivity contribution in [1.82, 2.24) is 20.9 Å². The van der Waals surface area contributed by atoms with E-state index >= 15 is 4.39 Å². The molecule has 1 aliphatic carbocycles. The summed E-state index contributed by atoms with van der Waals surface area (Å²) in [5.41, 5.74) is 1.36. The van der Waals surface area contributed by atoms with Gasteiger partial charge in [0.15, 0.2) is 9.84 Å². The van der Waals surface area contributed by atoms with Crippen LogP contribution < -0.4 is 21.3 Å². The van der Waals surface area contributed by atoms with Crippen molar-refractivity contribution in [3.05, 3.63) is 59.7 Å². The lowest BCUT2D eigenvalue weighted by Crippen LogP contribution is -2.64. The molecule has 37 heavy (non-hydrogen) atoms. The Hall–Kier alpha value is -2.40. The molecule has 2 atom stereocenters. The van der Waals surface area contributed by atoms with Gasteiger partial charge >= 0.3 is 0 Å². The molecule has 2 aliphatic heterocycles. The fourth-order valence-corrected chi connectivity index (χ4v) is 8.25. The number of anilines is 1. The zero-order chi connectivity index (χ0) is 25.9. The summed E-state index contributed by atoms with van der Waals surface area (Å²) in [5.74, 6) is -0.753. The molecule has 1 aromatic heterocycles. The van der Waals surface area contributed by atoms with Crippen LogP contribution in [-0.4, -0.2) is 62.2 Å². The summed E-state index contributed by atoms with van der Waals surface area (Å²) in [6.07, 6.45) is 6.40. The highest BCUT2D eigenvalue weighted by molar-refractivity contribution is 7.93. The van der Waals surface area contributed by atoms with Crippen molar-refractivity contribution in [2.45, 2.75) is 60.5 Å². The number of amides is 1. The number of halogens is 1. The quantitative estimate of drug-likeness (QED) is 0.394. The number of carbonyl (C=O) groups excluding carboxylic acids is 1. The van der Waals surface area contributed by atoms with Gasteiger partial charge in [-0.3, -0.25) is 15.1 Å².